The highest BCUT2D eigenvalue weighted by molar-refractivity contribution is 14.1. The van der Waals surface area contributed by atoms with Crippen molar-refractivity contribution in [2.24, 2.45) is 0 Å². The zero-order chi connectivity index (χ0) is 11.2. The lowest BCUT2D eigenvalue weighted by molar-refractivity contribution is -0.136. The van der Waals surface area contributed by atoms with Crippen LogP contribution in [0.2, 0.25) is 0 Å². The predicted molar refractivity (Wildman–Crippen MR) is 54.4 cm³/mol. The average Bonchev–Trinajstić information content (AvgIpc) is 2.45. The van der Waals surface area contributed by atoms with E-state index in [1.807, 2.05) is 0 Å². The summed E-state index contributed by atoms with van der Waals surface area (Å²) in [6.07, 6.45) is -3.77. The fraction of sp³-hybridized carbons (Fsp3) is 0.143. The summed E-state index contributed by atoms with van der Waals surface area (Å²) in [7, 11) is 0. The predicted octanol–water partition coefficient (Wildman–Crippen LogP) is 1.87. The van der Waals surface area contributed by atoms with E-state index in [0.29, 0.717) is 0 Å². The van der Waals surface area contributed by atoms with Crippen LogP contribution in [0.3, 0.4) is 0 Å². The largest absolute Gasteiger partial charge is 0.419 e. The summed E-state index contributed by atoms with van der Waals surface area (Å²) >= 11 is 1.65. The van der Waals surface area contributed by atoms with Gasteiger partial charge in [0.25, 0.3) is 5.56 Å². The highest BCUT2D eigenvalue weighted by atomic mass is 127. The fourth-order valence-corrected chi connectivity index (χ4v) is 1.69. The van der Waals surface area contributed by atoms with Gasteiger partial charge in [-0.2, -0.15) is 13.2 Å². The minimum atomic E-state index is -4.51. The van der Waals surface area contributed by atoms with Crippen molar-refractivity contribution in [2.75, 3.05) is 0 Å². The second-order valence-corrected chi connectivity index (χ2v) is 3.80. The number of halogens is 4. The van der Waals surface area contributed by atoms with Gasteiger partial charge in [0.2, 0.25) is 0 Å². The maximum absolute atomic E-state index is 12.4. The van der Waals surface area contributed by atoms with E-state index >= 15 is 0 Å². The van der Waals surface area contributed by atoms with Gasteiger partial charge in [0.1, 0.15) is 11.0 Å². The number of nitrogens with one attached hydrogen (secondary N) is 2. The number of hydrogen-bond acceptors (Lipinski definition) is 2. The van der Waals surface area contributed by atoms with Crippen molar-refractivity contribution in [1.82, 2.24) is 15.0 Å². The van der Waals surface area contributed by atoms with E-state index in [1.165, 1.54) is 0 Å². The van der Waals surface area contributed by atoms with Gasteiger partial charge >= 0.3 is 6.18 Å². The monoisotopic (exact) mass is 329 g/mol. The summed E-state index contributed by atoms with van der Waals surface area (Å²) in [4.78, 5) is 19.4. The Morgan fingerprint density at radius 3 is 2.67 bits per heavy atom. The van der Waals surface area contributed by atoms with Crippen molar-refractivity contribution in [3.63, 3.8) is 0 Å². The highest BCUT2D eigenvalue weighted by Crippen LogP contribution is 2.32. The summed E-state index contributed by atoms with van der Waals surface area (Å²) in [5.41, 5.74) is -2.06. The van der Waals surface area contributed by atoms with Gasteiger partial charge in [0.05, 0.1) is 5.56 Å². The molecule has 2 aromatic rings. The number of fused-ring (bicyclic) bond motifs is 1. The van der Waals surface area contributed by atoms with E-state index < -0.39 is 17.3 Å². The molecule has 0 unspecified atom stereocenters. The Kier molecular flexibility index (Phi) is 2.24. The zero-order valence-electron chi connectivity index (χ0n) is 6.94. The molecule has 0 saturated carbocycles. The smallest absolute Gasteiger partial charge is 0.355 e. The van der Waals surface area contributed by atoms with E-state index in [-0.39, 0.29) is 14.9 Å². The molecular weight excluding hydrogens is 326 g/mol. The van der Waals surface area contributed by atoms with E-state index in [9.17, 15) is 18.0 Å². The fourth-order valence-electron chi connectivity index (χ4n) is 1.20. The Hall–Kier alpha value is -1.06. The Labute approximate surface area is 94.0 Å². The Bertz CT molecular complexity index is 571. The van der Waals surface area contributed by atoms with Gasteiger partial charge in [-0.15, -0.1) is 0 Å². The number of rotatable bonds is 0. The Balaban J connectivity index is 2.86. The highest BCUT2D eigenvalue weighted by Gasteiger charge is 2.35. The molecule has 0 aliphatic heterocycles. The molecule has 0 bridgehead atoms. The molecule has 80 valence electrons. The first-order valence-electron chi connectivity index (χ1n) is 3.73. The standard InChI is InChI=1S/C7H3F3IN3O/c8-7(9,10)2-1-12-4-3(2)13-6(11)14-5(4)15/h1,12H,(H,13,14,15). The molecule has 0 atom stereocenters. The normalized spacial score (nSPS) is 12.3. The molecule has 8 heteroatoms. The molecule has 0 saturated heterocycles. The van der Waals surface area contributed by atoms with Gasteiger partial charge in [-0.1, -0.05) is 0 Å². The third-order valence-corrected chi connectivity index (χ3v) is 2.32. The van der Waals surface area contributed by atoms with Crippen molar-refractivity contribution in [1.29, 1.82) is 0 Å². The molecule has 2 N–H and O–H groups in total. The molecule has 4 nitrogen and oxygen atoms in total. The Morgan fingerprint density at radius 2 is 2.07 bits per heavy atom. The first kappa shape index (κ1) is 10.5. The summed E-state index contributed by atoms with van der Waals surface area (Å²) in [6, 6.07) is 0. The molecule has 2 aromatic heterocycles. The van der Waals surface area contributed by atoms with Gasteiger partial charge in [-0.05, 0) is 22.6 Å². The zero-order valence-corrected chi connectivity index (χ0v) is 9.10. The van der Waals surface area contributed by atoms with Crippen molar-refractivity contribution >= 4 is 33.6 Å². The topological polar surface area (TPSA) is 61.5 Å². The molecule has 0 spiro atoms. The van der Waals surface area contributed by atoms with Gasteiger partial charge in [-0.3, -0.25) is 4.79 Å². The molecule has 2 heterocycles. The maximum atomic E-state index is 12.4. The van der Waals surface area contributed by atoms with Crippen LogP contribution in [-0.4, -0.2) is 15.0 Å². The van der Waals surface area contributed by atoms with Crippen LogP contribution < -0.4 is 5.56 Å². The molecule has 0 fully saturated rings. The number of aromatic nitrogens is 3. The van der Waals surface area contributed by atoms with E-state index in [1.54, 1.807) is 22.6 Å². The van der Waals surface area contributed by atoms with Crippen molar-refractivity contribution < 1.29 is 13.2 Å². The molecular formula is C7H3F3IN3O. The van der Waals surface area contributed by atoms with Crippen LogP contribution in [0.1, 0.15) is 5.56 Å². The number of H-pyrrole nitrogens is 2. The molecule has 0 aliphatic carbocycles. The van der Waals surface area contributed by atoms with Crippen molar-refractivity contribution in [3.8, 4) is 0 Å². The molecule has 0 radical (unpaired) electrons. The lowest BCUT2D eigenvalue weighted by Gasteiger charge is -2.02. The van der Waals surface area contributed by atoms with Gasteiger partial charge in [0.15, 0.2) is 3.83 Å². The van der Waals surface area contributed by atoms with Crippen LogP contribution in [-0.2, 0) is 6.18 Å². The van der Waals surface area contributed by atoms with Crippen LogP contribution in [0.5, 0.6) is 0 Å². The third kappa shape index (κ3) is 1.73. The van der Waals surface area contributed by atoms with Crippen LogP contribution in [0, 0.1) is 3.83 Å². The number of nitrogens with zero attached hydrogens (tertiary/aromatic N) is 1. The SMILES string of the molecule is O=c1[nH]c(I)nc2c(C(F)(F)F)c[nH]c12. The lowest BCUT2D eigenvalue weighted by Crippen LogP contribution is -2.11. The first-order chi connectivity index (χ1) is 6.89. The lowest BCUT2D eigenvalue weighted by atomic mass is 10.3. The van der Waals surface area contributed by atoms with Crippen LogP contribution in [0.25, 0.3) is 11.0 Å². The van der Waals surface area contributed by atoms with Gasteiger partial charge in [0, 0.05) is 6.20 Å². The van der Waals surface area contributed by atoms with Crippen molar-refractivity contribution in [3.05, 3.63) is 25.9 Å². The second-order valence-electron chi connectivity index (χ2n) is 2.78. The quantitative estimate of drug-likeness (QED) is 0.573. The summed E-state index contributed by atoms with van der Waals surface area (Å²) < 4.78 is 37.4. The molecule has 0 aromatic carbocycles. The number of aromatic amines is 2. The minimum absolute atomic E-state index is 0.121. The average molecular weight is 329 g/mol. The van der Waals surface area contributed by atoms with Crippen LogP contribution >= 0.6 is 22.6 Å². The third-order valence-electron chi connectivity index (χ3n) is 1.81. The molecule has 0 amide bonds. The van der Waals surface area contributed by atoms with Gasteiger partial charge in [-0.25, -0.2) is 4.98 Å². The van der Waals surface area contributed by atoms with E-state index in [0.717, 1.165) is 6.20 Å². The molecule has 2 rings (SSSR count). The Morgan fingerprint density at radius 1 is 1.40 bits per heavy atom. The molecule has 15 heavy (non-hydrogen) atoms. The summed E-state index contributed by atoms with van der Waals surface area (Å²) in [6.45, 7) is 0. The summed E-state index contributed by atoms with van der Waals surface area (Å²) in [5.74, 6) is 0. The van der Waals surface area contributed by atoms with Gasteiger partial charge < -0.3 is 9.97 Å². The molecule has 0 aliphatic rings. The van der Waals surface area contributed by atoms with Crippen LogP contribution in [0.15, 0.2) is 11.0 Å². The maximum Gasteiger partial charge on any atom is 0.419 e. The minimum Gasteiger partial charge on any atom is -0.355 e. The van der Waals surface area contributed by atoms with Crippen LogP contribution in [0.4, 0.5) is 13.2 Å². The van der Waals surface area contributed by atoms with Crippen molar-refractivity contribution in [2.45, 2.75) is 6.18 Å². The second kappa shape index (κ2) is 3.22. The van der Waals surface area contributed by atoms with E-state index in [4.69, 9.17) is 0 Å². The summed E-state index contributed by atoms with van der Waals surface area (Å²) in [5, 5.41) is 0. The van der Waals surface area contributed by atoms with E-state index in [2.05, 4.69) is 15.0 Å². The number of hydrogen-bond donors (Lipinski definition) is 2. The first-order valence-corrected chi connectivity index (χ1v) is 4.81. The number of alkyl halides is 3.